The van der Waals surface area contributed by atoms with E-state index >= 15 is 0 Å². The number of aromatic nitrogens is 2. The Bertz CT molecular complexity index is 580. The summed E-state index contributed by atoms with van der Waals surface area (Å²) in [5.74, 6) is 1.38. The maximum Gasteiger partial charge on any atom is 0.328 e. The summed E-state index contributed by atoms with van der Waals surface area (Å²) in [6.45, 7) is 6.54. The topological polar surface area (TPSA) is 70.1 Å². The molecule has 3 rings (SSSR count). The highest BCUT2D eigenvalue weighted by Crippen LogP contribution is 2.21. The number of hydrogen-bond donors (Lipinski definition) is 2. The number of hydrogen-bond acceptors (Lipinski definition) is 4. The lowest BCUT2D eigenvalue weighted by Crippen LogP contribution is -2.41. The summed E-state index contributed by atoms with van der Waals surface area (Å²) in [5, 5.41) is 3.42. The molecule has 0 saturated carbocycles. The van der Waals surface area contributed by atoms with Crippen LogP contribution in [0.5, 0.6) is 0 Å². The third kappa shape index (κ3) is 4.08. The van der Waals surface area contributed by atoms with Crippen LogP contribution in [-0.2, 0) is 6.54 Å². The molecular weight excluding hydrogens is 280 g/mol. The van der Waals surface area contributed by atoms with Crippen molar-refractivity contribution in [3.63, 3.8) is 0 Å². The van der Waals surface area contributed by atoms with Gasteiger partial charge in [0.05, 0.1) is 0 Å². The van der Waals surface area contributed by atoms with Crippen LogP contribution in [0.4, 0.5) is 0 Å². The van der Waals surface area contributed by atoms with Crippen molar-refractivity contribution in [1.82, 2.24) is 19.8 Å². The van der Waals surface area contributed by atoms with Gasteiger partial charge in [-0.2, -0.15) is 0 Å². The summed E-state index contributed by atoms with van der Waals surface area (Å²) < 4.78 is 1.63. The van der Waals surface area contributed by atoms with Crippen LogP contribution in [0.25, 0.3) is 0 Å². The molecule has 1 aromatic rings. The van der Waals surface area contributed by atoms with Crippen LogP contribution in [-0.4, -0.2) is 47.2 Å². The van der Waals surface area contributed by atoms with Gasteiger partial charge in [0.2, 0.25) is 0 Å². The van der Waals surface area contributed by atoms with E-state index in [2.05, 4.69) is 15.2 Å². The minimum absolute atomic E-state index is 0.287. The molecule has 6 nitrogen and oxygen atoms in total. The van der Waals surface area contributed by atoms with Crippen LogP contribution < -0.4 is 16.6 Å². The van der Waals surface area contributed by atoms with E-state index in [1.165, 1.54) is 25.5 Å². The molecule has 0 aliphatic carbocycles. The van der Waals surface area contributed by atoms with Crippen molar-refractivity contribution in [3.05, 3.63) is 33.1 Å². The smallest absolute Gasteiger partial charge is 0.317 e. The molecule has 6 heteroatoms. The molecule has 0 aromatic carbocycles. The number of rotatable bonds is 4. The Morgan fingerprint density at radius 1 is 1.00 bits per heavy atom. The predicted octanol–water partition coefficient (Wildman–Crippen LogP) is 0.248. The van der Waals surface area contributed by atoms with E-state index in [1.807, 2.05) is 0 Å². The van der Waals surface area contributed by atoms with Crippen LogP contribution >= 0.6 is 0 Å². The van der Waals surface area contributed by atoms with Gasteiger partial charge in [-0.3, -0.25) is 9.78 Å². The fourth-order valence-electron chi connectivity index (χ4n) is 3.65. The average molecular weight is 306 g/mol. The molecular formula is C16H26N4O2. The Balaban J connectivity index is 1.47. The lowest BCUT2D eigenvalue weighted by atomic mass is 9.93. The molecule has 2 saturated heterocycles. The van der Waals surface area contributed by atoms with Gasteiger partial charge < -0.3 is 14.8 Å². The summed E-state index contributed by atoms with van der Waals surface area (Å²) in [6, 6.07) is 1.42. The second-order valence-electron chi connectivity index (χ2n) is 6.70. The zero-order chi connectivity index (χ0) is 15.4. The van der Waals surface area contributed by atoms with Gasteiger partial charge in [-0.25, -0.2) is 4.79 Å². The Labute approximate surface area is 130 Å². The number of likely N-dealkylation sites (tertiary alicyclic amines) is 1. The standard InChI is InChI=1S/C16H26N4O2/c21-15-5-10-20(16(22)18-15)12-14-3-8-19(9-4-14)11-13-1-6-17-7-2-13/h5,10,13-14,17H,1-4,6-9,11-12H2,(H,18,21,22). The van der Waals surface area contributed by atoms with E-state index in [-0.39, 0.29) is 11.2 Å². The van der Waals surface area contributed by atoms with Gasteiger partial charge in [-0.15, -0.1) is 0 Å². The van der Waals surface area contributed by atoms with E-state index in [1.54, 1.807) is 10.8 Å². The van der Waals surface area contributed by atoms with E-state index in [9.17, 15) is 9.59 Å². The molecule has 0 bridgehead atoms. The number of nitrogens with one attached hydrogen (secondary N) is 2. The minimum Gasteiger partial charge on any atom is -0.317 e. The molecule has 0 atom stereocenters. The molecule has 2 N–H and O–H groups in total. The van der Waals surface area contributed by atoms with E-state index < -0.39 is 0 Å². The van der Waals surface area contributed by atoms with Gasteiger partial charge in [0, 0.05) is 25.4 Å². The van der Waals surface area contributed by atoms with Gasteiger partial charge in [-0.05, 0) is 63.7 Å². The van der Waals surface area contributed by atoms with Crippen molar-refractivity contribution in [3.8, 4) is 0 Å². The minimum atomic E-state index is -0.321. The summed E-state index contributed by atoms with van der Waals surface area (Å²) in [7, 11) is 0. The molecule has 0 radical (unpaired) electrons. The average Bonchev–Trinajstić information content (AvgIpc) is 2.53. The molecule has 3 heterocycles. The van der Waals surface area contributed by atoms with Gasteiger partial charge in [-0.1, -0.05) is 0 Å². The molecule has 122 valence electrons. The number of nitrogens with zero attached hydrogens (tertiary/aromatic N) is 2. The fraction of sp³-hybridized carbons (Fsp3) is 0.750. The highest BCUT2D eigenvalue weighted by molar-refractivity contribution is 4.84. The third-order valence-corrected chi connectivity index (χ3v) is 5.03. The van der Waals surface area contributed by atoms with Crippen LogP contribution in [0, 0.1) is 11.8 Å². The first-order chi connectivity index (χ1) is 10.7. The Hall–Kier alpha value is -1.40. The van der Waals surface area contributed by atoms with Crippen molar-refractivity contribution < 1.29 is 0 Å². The normalized spacial score (nSPS) is 22.0. The zero-order valence-corrected chi connectivity index (χ0v) is 13.1. The van der Waals surface area contributed by atoms with E-state index in [0.717, 1.165) is 51.5 Å². The first-order valence-corrected chi connectivity index (χ1v) is 8.43. The largest absolute Gasteiger partial charge is 0.328 e. The molecule has 0 spiro atoms. The van der Waals surface area contributed by atoms with Crippen LogP contribution in [0.3, 0.4) is 0 Å². The van der Waals surface area contributed by atoms with Crippen LogP contribution in [0.1, 0.15) is 25.7 Å². The maximum atomic E-state index is 11.7. The first-order valence-electron chi connectivity index (χ1n) is 8.43. The van der Waals surface area contributed by atoms with Gasteiger partial charge in [0.1, 0.15) is 0 Å². The lowest BCUT2D eigenvalue weighted by molar-refractivity contribution is 0.141. The second-order valence-corrected chi connectivity index (χ2v) is 6.70. The number of piperidine rings is 2. The molecule has 22 heavy (non-hydrogen) atoms. The predicted molar refractivity (Wildman–Crippen MR) is 86.1 cm³/mol. The number of aromatic amines is 1. The molecule has 0 amide bonds. The highest BCUT2D eigenvalue weighted by Gasteiger charge is 2.23. The first kappa shape index (κ1) is 15.5. The Morgan fingerprint density at radius 3 is 2.36 bits per heavy atom. The van der Waals surface area contributed by atoms with Gasteiger partial charge in [0.25, 0.3) is 5.56 Å². The lowest BCUT2D eigenvalue weighted by Gasteiger charge is -2.35. The molecule has 2 fully saturated rings. The van der Waals surface area contributed by atoms with Crippen molar-refractivity contribution in [2.24, 2.45) is 11.8 Å². The zero-order valence-electron chi connectivity index (χ0n) is 13.1. The van der Waals surface area contributed by atoms with E-state index in [0.29, 0.717) is 5.92 Å². The monoisotopic (exact) mass is 306 g/mol. The summed E-state index contributed by atoms with van der Waals surface area (Å²) in [5.41, 5.74) is -0.609. The SMILES string of the molecule is O=c1ccn(CC2CCN(CC3CCNCC3)CC2)c(=O)[nH]1. The maximum absolute atomic E-state index is 11.7. The van der Waals surface area contributed by atoms with Crippen molar-refractivity contribution in [2.45, 2.75) is 32.2 Å². The summed E-state index contributed by atoms with van der Waals surface area (Å²) >= 11 is 0. The Kier molecular flexibility index (Phi) is 5.10. The number of H-pyrrole nitrogens is 1. The summed E-state index contributed by atoms with van der Waals surface area (Å²) in [4.78, 5) is 27.7. The summed E-state index contributed by atoms with van der Waals surface area (Å²) in [6.07, 6.45) is 6.48. The fourth-order valence-corrected chi connectivity index (χ4v) is 3.65. The quantitative estimate of drug-likeness (QED) is 0.836. The van der Waals surface area contributed by atoms with Gasteiger partial charge in [0.15, 0.2) is 0 Å². The van der Waals surface area contributed by atoms with Crippen molar-refractivity contribution in [2.75, 3.05) is 32.7 Å². The van der Waals surface area contributed by atoms with Crippen molar-refractivity contribution in [1.29, 1.82) is 0 Å². The third-order valence-electron chi connectivity index (χ3n) is 5.03. The van der Waals surface area contributed by atoms with Crippen molar-refractivity contribution >= 4 is 0 Å². The molecule has 2 aliphatic heterocycles. The van der Waals surface area contributed by atoms with Crippen LogP contribution in [0.15, 0.2) is 21.9 Å². The highest BCUT2D eigenvalue weighted by atomic mass is 16.2. The molecule has 2 aliphatic rings. The second kappa shape index (κ2) is 7.24. The van der Waals surface area contributed by atoms with Gasteiger partial charge >= 0.3 is 5.69 Å². The molecule has 0 unspecified atom stereocenters. The Morgan fingerprint density at radius 2 is 1.68 bits per heavy atom. The van der Waals surface area contributed by atoms with Crippen LogP contribution in [0.2, 0.25) is 0 Å². The van der Waals surface area contributed by atoms with E-state index in [4.69, 9.17) is 0 Å². The molecule has 1 aromatic heterocycles.